The number of amides is 1. The van der Waals surface area contributed by atoms with E-state index >= 15 is 0 Å². The molecule has 0 spiro atoms. The quantitative estimate of drug-likeness (QED) is 0.448. The highest BCUT2D eigenvalue weighted by atomic mass is 16.5. The molecule has 0 bridgehead atoms. The van der Waals surface area contributed by atoms with Gasteiger partial charge < -0.3 is 21.5 Å². The minimum absolute atomic E-state index is 0.362. The third kappa shape index (κ3) is 4.20. The van der Waals surface area contributed by atoms with Gasteiger partial charge in [0.05, 0.1) is 13.2 Å². The highest BCUT2D eigenvalue weighted by Gasteiger charge is 2.18. The van der Waals surface area contributed by atoms with Gasteiger partial charge in [-0.05, 0) is 19.9 Å². The minimum Gasteiger partial charge on any atom is -0.468 e. The Kier molecular flexibility index (Phi) is 5.82. The van der Waals surface area contributed by atoms with E-state index in [2.05, 4.69) is 10.1 Å². The number of ether oxygens (including phenoxy) is 1. The van der Waals surface area contributed by atoms with Crippen molar-refractivity contribution >= 4 is 11.9 Å². The van der Waals surface area contributed by atoms with Crippen molar-refractivity contribution in [3.8, 4) is 0 Å². The molecule has 0 aromatic carbocycles. The van der Waals surface area contributed by atoms with E-state index in [4.69, 9.17) is 11.5 Å². The van der Waals surface area contributed by atoms with Crippen LogP contribution in [0.2, 0.25) is 0 Å². The van der Waals surface area contributed by atoms with Gasteiger partial charge in [-0.15, -0.1) is 0 Å². The number of likely N-dealkylation sites (N-methyl/N-ethyl adjacent to an activating group) is 1. The Bertz CT molecular complexity index is 208. The van der Waals surface area contributed by atoms with Crippen molar-refractivity contribution < 1.29 is 14.3 Å². The Hall–Kier alpha value is -1.14. The number of nitrogens with two attached hydrogens (primary N) is 2. The lowest BCUT2D eigenvalue weighted by Gasteiger charge is -2.14. The van der Waals surface area contributed by atoms with Gasteiger partial charge >= 0.3 is 5.97 Å². The van der Waals surface area contributed by atoms with Gasteiger partial charge in [0.25, 0.3) is 0 Å². The van der Waals surface area contributed by atoms with Crippen molar-refractivity contribution in [2.24, 2.45) is 11.5 Å². The summed E-state index contributed by atoms with van der Waals surface area (Å²) < 4.78 is 4.44. The molecule has 14 heavy (non-hydrogen) atoms. The number of primary amides is 1. The first-order valence-corrected chi connectivity index (χ1v) is 4.33. The SMILES string of the molecule is CNC(CCC(N)C(=O)OC)C(N)=O. The van der Waals surface area contributed by atoms with Crippen molar-refractivity contribution in [1.82, 2.24) is 5.32 Å². The zero-order valence-corrected chi connectivity index (χ0v) is 8.45. The van der Waals surface area contributed by atoms with Crippen LogP contribution in [0, 0.1) is 0 Å². The summed E-state index contributed by atoms with van der Waals surface area (Å²) in [4.78, 5) is 21.7. The zero-order chi connectivity index (χ0) is 11.1. The lowest BCUT2D eigenvalue weighted by Crippen LogP contribution is -2.41. The smallest absolute Gasteiger partial charge is 0.322 e. The maximum Gasteiger partial charge on any atom is 0.322 e. The second-order valence-corrected chi connectivity index (χ2v) is 2.95. The topological polar surface area (TPSA) is 107 Å². The first-order valence-electron chi connectivity index (χ1n) is 4.33. The zero-order valence-electron chi connectivity index (χ0n) is 8.45. The first-order chi connectivity index (χ1) is 6.52. The largest absolute Gasteiger partial charge is 0.468 e. The van der Waals surface area contributed by atoms with Gasteiger partial charge in [-0.3, -0.25) is 9.59 Å². The van der Waals surface area contributed by atoms with Gasteiger partial charge in [0.1, 0.15) is 6.04 Å². The summed E-state index contributed by atoms with van der Waals surface area (Å²) in [6.45, 7) is 0. The number of carbonyl (C=O) groups is 2. The lowest BCUT2D eigenvalue weighted by atomic mass is 10.1. The molecule has 2 unspecified atom stereocenters. The Morgan fingerprint density at radius 2 is 2.00 bits per heavy atom. The highest BCUT2D eigenvalue weighted by molar-refractivity contribution is 5.80. The van der Waals surface area contributed by atoms with Crippen LogP contribution in [0.15, 0.2) is 0 Å². The van der Waals surface area contributed by atoms with Gasteiger partial charge in [0.2, 0.25) is 5.91 Å². The maximum absolute atomic E-state index is 10.9. The Balaban J connectivity index is 3.91. The average Bonchev–Trinajstić information content (AvgIpc) is 2.16. The van der Waals surface area contributed by atoms with Crippen molar-refractivity contribution in [3.63, 3.8) is 0 Å². The number of methoxy groups -OCH3 is 1. The number of rotatable bonds is 6. The molecule has 0 aromatic heterocycles. The molecule has 5 N–H and O–H groups in total. The standard InChI is InChI=1S/C8H17N3O3/c1-11-6(7(10)12)4-3-5(9)8(13)14-2/h5-6,11H,3-4,9H2,1-2H3,(H2,10,12). The molecule has 0 saturated heterocycles. The summed E-state index contributed by atoms with van der Waals surface area (Å²) in [6.07, 6.45) is 0.781. The molecule has 6 heteroatoms. The fraction of sp³-hybridized carbons (Fsp3) is 0.750. The molecule has 0 fully saturated rings. The van der Waals surface area contributed by atoms with Crippen molar-refractivity contribution in [2.45, 2.75) is 24.9 Å². The van der Waals surface area contributed by atoms with Crippen molar-refractivity contribution in [3.05, 3.63) is 0 Å². The Labute approximate surface area is 83.0 Å². The van der Waals surface area contributed by atoms with Crippen LogP contribution in [0.3, 0.4) is 0 Å². The molecule has 0 radical (unpaired) electrons. The van der Waals surface area contributed by atoms with E-state index in [0.717, 1.165) is 0 Å². The van der Waals surface area contributed by atoms with E-state index in [1.807, 2.05) is 0 Å². The van der Waals surface area contributed by atoms with Crippen LogP contribution in [-0.4, -0.2) is 38.1 Å². The van der Waals surface area contributed by atoms with E-state index in [1.165, 1.54) is 7.11 Å². The fourth-order valence-corrected chi connectivity index (χ4v) is 1.04. The Morgan fingerprint density at radius 3 is 2.36 bits per heavy atom. The van der Waals surface area contributed by atoms with Crippen LogP contribution >= 0.6 is 0 Å². The molecular formula is C8H17N3O3. The molecule has 1 amide bonds. The summed E-state index contributed by atoms with van der Waals surface area (Å²) in [5, 5.41) is 2.73. The molecule has 0 heterocycles. The number of esters is 1. The summed E-state index contributed by atoms with van der Waals surface area (Å²) in [5.41, 5.74) is 10.6. The predicted octanol–water partition coefficient (Wildman–Crippen LogP) is -1.66. The van der Waals surface area contributed by atoms with E-state index < -0.39 is 24.0 Å². The first kappa shape index (κ1) is 12.9. The lowest BCUT2D eigenvalue weighted by molar-refractivity contribution is -0.142. The van der Waals surface area contributed by atoms with E-state index in [1.54, 1.807) is 7.05 Å². The van der Waals surface area contributed by atoms with Crippen LogP contribution < -0.4 is 16.8 Å². The third-order valence-electron chi connectivity index (χ3n) is 1.96. The monoisotopic (exact) mass is 203 g/mol. The summed E-state index contributed by atoms with van der Waals surface area (Å²) in [7, 11) is 2.89. The second-order valence-electron chi connectivity index (χ2n) is 2.95. The van der Waals surface area contributed by atoms with Crippen molar-refractivity contribution in [2.75, 3.05) is 14.2 Å². The van der Waals surface area contributed by atoms with Gasteiger partial charge in [-0.25, -0.2) is 0 Å². The van der Waals surface area contributed by atoms with Crippen LogP contribution in [0.4, 0.5) is 0 Å². The summed E-state index contributed by atoms with van der Waals surface area (Å²) in [6, 6.07) is -1.15. The van der Waals surface area contributed by atoms with E-state index in [0.29, 0.717) is 12.8 Å². The van der Waals surface area contributed by atoms with Crippen LogP contribution in [0.1, 0.15) is 12.8 Å². The highest BCUT2D eigenvalue weighted by Crippen LogP contribution is 2.00. The van der Waals surface area contributed by atoms with Crippen LogP contribution in [0.25, 0.3) is 0 Å². The Morgan fingerprint density at radius 1 is 1.43 bits per heavy atom. The number of nitrogens with one attached hydrogen (secondary N) is 1. The third-order valence-corrected chi connectivity index (χ3v) is 1.96. The summed E-state index contributed by atoms with van der Waals surface area (Å²) >= 11 is 0. The van der Waals surface area contributed by atoms with Crippen LogP contribution in [0.5, 0.6) is 0 Å². The average molecular weight is 203 g/mol. The molecule has 2 atom stereocenters. The van der Waals surface area contributed by atoms with Gasteiger partial charge in [0, 0.05) is 0 Å². The van der Waals surface area contributed by atoms with Gasteiger partial charge in [0.15, 0.2) is 0 Å². The maximum atomic E-state index is 10.9. The second kappa shape index (κ2) is 6.33. The normalized spacial score (nSPS) is 14.5. The molecule has 0 aromatic rings. The van der Waals surface area contributed by atoms with E-state index in [9.17, 15) is 9.59 Å². The van der Waals surface area contributed by atoms with Crippen molar-refractivity contribution in [1.29, 1.82) is 0 Å². The van der Waals surface area contributed by atoms with Gasteiger partial charge in [-0.2, -0.15) is 0 Å². The van der Waals surface area contributed by atoms with Gasteiger partial charge in [-0.1, -0.05) is 0 Å². The molecule has 0 aliphatic heterocycles. The fourth-order valence-electron chi connectivity index (χ4n) is 1.04. The number of hydrogen-bond acceptors (Lipinski definition) is 5. The number of carbonyl (C=O) groups excluding carboxylic acids is 2. The minimum atomic E-state index is -0.699. The molecular weight excluding hydrogens is 186 g/mol. The number of hydrogen-bond donors (Lipinski definition) is 3. The molecule has 0 aliphatic rings. The molecule has 6 nitrogen and oxygen atoms in total. The van der Waals surface area contributed by atoms with Crippen LogP contribution in [-0.2, 0) is 14.3 Å². The summed E-state index contributed by atoms with van der Waals surface area (Å²) in [5.74, 6) is -0.936. The molecule has 82 valence electrons. The molecule has 0 aliphatic carbocycles. The molecule has 0 saturated carbocycles. The van der Waals surface area contributed by atoms with E-state index in [-0.39, 0.29) is 0 Å². The predicted molar refractivity (Wildman–Crippen MR) is 51.3 cm³/mol. The molecule has 0 rings (SSSR count).